The minimum absolute atomic E-state index is 0.250. The van der Waals surface area contributed by atoms with Gasteiger partial charge >= 0.3 is 0 Å². The van der Waals surface area contributed by atoms with Crippen molar-refractivity contribution >= 4 is 17.3 Å². The molecule has 0 aliphatic carbocycles. The molecule has 2 aromatic rings. The fourth-order valence-corrected chi connectivity index (χ4v) is 2.11. The number of nitrogens with zero attached hydrogens (tertiary/aromatic N) is 1. The summed E-state index contributed by atoms with van der Waals surface area (Å²) in [5.74, 6) is 0.524. The number of pyridine rings is 1. The molecule has 1 aromatic carbocycles. The molecule has 0 unspecified atom stereocenters. The number of hydrogen-bond acceptors (Lipinski definition) is 5. The van der Waals surface area contributed by atoms with Crippen LogP contribution in [0.4, 0.5) is 11.4 Å². The van der Waals surface area contributed by atoms with Crippen LogP contribution in [0.1, 0.15) is 23.8 Å². The van der Waals surface area contributed by atoms with E-state index in [1.807, 2.05) is 25.1 Å². The molecule has 0 saturated heterocycles. The van der Waals surface area contributed by atoms with Gasteiger partial charge in [0.15, 0.2) is 0 Å². The summed E-state index contributed by atoms with van der Waals surface area (Å²) >= 11 is 0. The third-order valence-corrected chi connectivity index (χ3v) is 3.27. The first kappa shape index (κ1) is 17.7. The predicted octanol–water partition coefficient (Wildman–Crippen LogP) is 3.18. The Morgan fingerprint density at radius 2 is 1.96 bits per heavy atom. The van der Waals surface area contributed by atoms with Crippen molar-refractivity contribution in [1.29, 1.82) is 0 Å². The number of benzene rings is 1. The van der Waals surface area contributed by atoms with E-state index in [4.69, 9.17) is 9.47 Å². The number of ether oxygens (including phenoxy) is 2. The largest absolute Gasteiger partial charge is 0.494 e. The van der Waals surface area contributed by atoms with Gasteiger partial charge in [0.05, 0.1) is 6.61 Å². The lowest BCUT2D eigenvalue weighted by molar-refractivity contribution is 0.102. The van der Waals surface area contributed by atoms with Crippen molar-refractivity contribution in [3.05, 3.63) is 48.3 Å². The summed E-state index contributed by atoms with van der Waals surface area (Å²) in [5, 5.41) is 6.07. The van der Waals surface area contributed by atoms with Crippen LogP contribution in [0.25, 0.3) is 0 Å². The number of carbonyl (C=O) groups excluding carboxylic acids is 1. The van der Waals surface area contributed by atoms with Gasteiger partial charge in [0.2, 0.25) is 0 Å². The number of methoxy groups -OCH3 is 1. The highest BCUT2D eigenvalue weighted by atomic mass is 16.5. The van der Waals surface area contributed by atoms with Crippen LogP contribution in [0.3, 0.4) is 0 Å². The smallest absolute Gasteiger partial charge is 0.274 e. The van der Waals surface area contributed by atoms with Gasteiger partial charge in [-0.05, 0) is 49.7 Å². The Hall–Kier alpha value is -2.60. The summed E-state index contributed by atoms with van der Waals surface area (Å²) in [6, 6.07) is 10.8. The molecule has 1 amide bonds. The molecule has 0 radical (unpaired) electrons. The number of rotatable bonds is 9. The van der Waals surface area contributed by atoms with E-state index in [0.717, 1.165) is 24.4 Å². The van der Waals surface area contributed by atoms with Gasteiger partial charge in [0.1, 0.15) is 11.4 Å². The molecule has 128 valence electrons. The molecule has 0 spiro atoms. The SMILES string of the molecule is CCOc1ccc(NC(=O)c2cc(NCCCOC)ccn2)cc1. The van der Waals surface area contributed by atoms with Gasteiger partial charge in [-0.1, -0.05) is 0 Å². The van der Waals surface area contributed by atoms with Gasteiger partial charge in [-0.2, -0.15) is 0 Å². The second-order valence-electron chi connectivity index (χ2n) is 5.11. The van der Waals surface area contributed by atoms with Crippen LogP contribution in [0.2, 0.25) is 0 Å². The highest BCUT2D eigenvalue weighted by Crippen LogP contribution is 2.17. The summed E-state index contributed by atoms with van der Waals surface area (Å²) in [7, 11) is 1.68. The van der Waals surface area contributed by atoms with Gasteiger partial charge in [-0.25, -0.2) is 0 Å². The van der Waals surface area contributed by atoms with Crippen molar-refractivity contribution in [2.45, 2.75) is 13.3 Å². The van der Waals surface area contributed by atoms with Crippen molar-refractivity contribution in [1.82, 2.24) is 4.98 Å². The van der Waals surface area contributed by atoms with E-state index in [1.54, 1.807) is 31.5 Å². The highest BCUT2D eigenvalue weighted by molar-refractivity contribution is 6.03. The average Bonchev–Trinajstić information content (AvgIpc) is 2.61. The van der Waals surface area contributed by atoms with Crippen LogP contribution < -0.4 is 15.4 Å². The van der Waals surface area contributed by atoms with Crippen LogP contribution in [0, 0.1) is 0 Å². The lowest BCUT2D eigenvalue weighted by atomic mass is 10.2. The molecule has 0 aliphatic heterocycles. The Kier molecular flexibility index (Phi) is 7.04. The molecule has 6 heteroatoms. The number of carbonyl (C=O) groups is 1. The van der Waals surface area contributed by atoms with E-state index in [0.29, 0.717) is 24.6 Å². The van der Waals surface area contributed by atoms with Crippen molar-refractivity contribution in [3.63, 3.8) is 0 Å². The highest BCUT2D eigenvalue weighted by Gasteiger charge is 2.08. The van der Waals surface area contributed by atoms with Crippen molar-refractivity contribution in [3.8, 4) is 5.75 Å². The molecule has 1 heterocycles. The lowest BCUT2D eigenvalue weighted by Gasteiger charge is -2.09. The quantitative estimate of drug-likeness (QED) is 0.691. The molecule has 0 fully saturated rings. The van der Waals surface area contributed by atoms with Crippen LogP contribution in [0.15, 0.2) is 42.6 Å². The summed E-state index contributed by atoms with van der Waals surface area (Å²) < 4.78 is 10.4. The molecular weight excluding hydrogens is 306 g/mol. The maximum absolute atomic E-state index is 12.3. The Balaban J connectivity index is 1.94. The summed E-state index contributed by atoms with van der Waals surface area (Å²) in [6.45, 7) is 4.01. The van der Waals surface area contributed by atoms with E-state index in [-0.39, 0.29) is 5.91 Å². The minimum Gasteiger partial charge on any atom is -0.494 e. The second-order valence-corrected chi connectivity index (χ2v) is 5.11. The van der Waals surface area contributed by atoms with E-state index in [9.17, 15) is 4.79 Å². The fraction of sp³-hybridized carbons (Fsp3) is 0.333. The maximum atomic E-state index is 12.3. The molecule has 6 nitrogen and oxygen atoms in total. The molecule has 0 aliphatic rings. The third kappa shape index (κ3) is 5.55. The standard InChI is InChI=1S/C18H23N3O3/c1-3-24-16-7-5-14(6-8-16)21-18(22)17-13-15(9-11-20-17)19-10-4-12-23-2/h5-9,11,13H,3-4,10,12H2,1-2H3,(H,19,20)(H,21,22). The lowest BCUT2D eigenvalue weighted by Crippen LogP contribution is -2.14. The van der Waals surface area contributed by atoms with E-state index < -0.39 is 0 Å². The Morgan fingerprint density at radius 1 is 1.17 bits per heavy atom. The molecular formula is C18H23N3O3. The zero-order chi connectivity index (χ0) is 17.2. The van der Waals surface area contributed by atoms with E-state index in [1.165, 1.54) is 0 Å². The molecule has 0 saturated carbocycles. The van der Waals surface area contributed by atoms with E-state index in [2.05, 4.69) is 15.6 Å². The van der Waals surface area contributed by atoms with Crippen LogP contribution in [0.5, 0.6) is 5.75 Å². The van der Waals surface area contributed by atoms with Gasteiger partial charge in [0, 0.05) is 37.8 Å². The average molecular weight is 329 g/mol. The first-order chi connectivity index (χ1) is 11.7. The summed E-state index contributed by atoms with van der Waals surface area (Å²) in [4.78, 5) is 16.4. The van der Waals surface area contributed by atoms with Gasteiger partial charge in [-0.3, -0.25) is 9.78 Å². The normalized spacial score (nSPS) is 10.2. The molecule has 2 rings (SSSR count). The topological polar surface area (TPSA) is 72.5 Å². The number of amides is 1. The Labute approximate surface area is 142 Å². The first-order valence-corrected chi connectivity index (χ1v) is 7.96. The first-order valence-electron chi connectivity index (χ1n) is 7.96. The number of aromatic nitrogens is 1. The maximum Gasteiger partial charge on any atom is 0.274 e. The zero-order valence-electron chi connectivity index (χ0n) is 14.0. The van der Waals surface area contributed by atoms with Crippen molar-refractivity contribution in [2.24, 2.45) is 0 Å². The van der Waals surface area contributed by atoms with Crippen LogP contribution in [-0.2, 0) is 4.74 Å². The van der Waals surface area contributed by atoms with Crippen molar-refractivity contribution in [2.75, 3.05) is 37.5 Å². The Morgan fingerprint density at radius 3 is 2.67 bits per heavy atom. The van der Waals surface area contributed by atoms with Gasteiger partial charge < -0.3 is 20.1 Å². The number of anilines is 2. The summed E-state index contributed by atoms with van der Waals surface area (Å²) in [5.41, 5.74) is 1.92. The molecule has 1 aromatic heterocycles. The van der Waals surface area contributed by atoms with Crippen LogP contribution in [-0.4, -0.2) is 37.8 Å². The predicted molar refractivity (Wildman–Crippen MR) is 94.8 cm³/mol. The zero-order valence-corrected chi connectivity index (χ0v) is 14.0. The molecule has 0 atom stereocenters. The molecule has 0 bridgehead atoms. The monoisotopic (exact) mass is 329 g/mol. The van der Waals surface area contributed by atoms with Crippen LogP contribution >= 0.6 is 0 Å². The fourth-order valence-electron chi connectivity index (χ4n) is 2.11. The molecule has 2 N–H and O–H groups in total. The minimum atomic E-state index is -0.250. The number of hydrogen-bond donors (Lipinski definition) is 2. The van der Waals surface area contributed by atoms with Crippen molar-refractivity contribution < 1.29 is 14.3 Å². The van der Waals surface area contributed by atoms with Gasteiger partial charge in [0.25, 0.3) is 5.91 Å². The second kappa shape index (κ2) is 9.52. The number of nitrogens with one attached hydrogen (secondary N) is 2. The molecule has 24 heavy (non-hydrogen) atoms. The third-order valence-electron chi connectivity index (χ3n) is 3.27. The summed E-state index contributed by atoms with van der Waals surface area (Å²) in [6.07, 6.45) is 2.51. The Bertz CT molecular complexity index is 644. The van der Waals surface area contributed by atoms with Gasteiger partial charge in [-0.15, -0.1) is 0 Å². The van der Waals surface area contributed by atoms with E-state index >= 15 is 0 Å².